The van der Waals surface area contributed by atoms with Crippen molar-refractivity contribution in [3.8, 4) is 0 Å². The third-order valence-electron chi connectivity index (χ3n) is 4.89. The summed E-state index contributed by atoms with van der Waals surface area (Å²) >= 11 is 0. The predicted octanol–water partition coefficient (Wildman–Crippen LogP) is 3.86. The molecular weight excluding hydrogens is 262 g/mol. The largest absolute Gasteiger partial charge is 0.478 e. The highest BCUT2D eigenvalue weighted by Crippen LogP contribution is 2.40. The van der Waals surface area contributed by atoms with E-state index in [2.05, 4.69) is 30.0 Å². The average Bonchev–Trinajstić information content (AvgIpc) is 2.93. The maximum absolute atomic E-state index is 10.8. The monoisotopic (exact) mass is 285 g/mol. The molecule has 3 heteroatoms. The SMILES string of the molecule is Cc1ccc(N2CCCC3CCCC32)c(/C=C/C(=O)O)c1. The van der Waals surface area contributed by atoms with Gasteiger partial charge in [-0.2, -0.15) is 0 Å². The molecule has 2 aliphatic rings. The van der Waals surface area contributed by atoms with E-state index < -0.39 is 5.97 Å². The molecule has 0 spiro atoms. The fourth-order valence-corrected chi connectivity index (χ4v) is 3.98. The zero-order valence-electron chi connectivity index (χ0n) is 12.6. The summed E-state index contributed by atoms with van der Waals surface area (Å²) in [6, 6.07) is 7.04. The number of hydrogen-bond donors (Lipinski definition) is 1. The van der Waals surface area contributed by atoms with Crippen LogP contribution in [0.2, 0.25) is 0 Å². The lowest BCUT2D eigenvalue weighted by Crippen LogP contribution is -2.43. The van der Waals surface area contributed by atoms with Gasteiger partial charge in [-0.25, -0.2) is 4.79 Å². The van der Waals surface area contributed by atoms with Crippen LogP contribution in [-0.2, 0) is 4.79 Å². The van der Waals surface area contributed by atoms with Crippen LogP contribution >= 0.6 is 0 Å². The van der Waals surface area contributed by atoms with Crippen LogP contribution in [0.3, 0.4) is 0 Å². The van der Waals surface area contributed by atoms with Gasteiger partial charge in [-0.3, -0.25) is 0 Å². The van der Waals surface area contributed by atoms with Gasteiger partial charge in [0.05, 0.1) is 0 Å². The molecular formula is C18H23NO2. The molecule has 3 rings (SSSR count). The molecule has 21 heavy (non-hydrogen) atoms. The molecule has 2 unspecified atom stereocenters. The summed E-state index contributed by atoms with van der Waals surface area (Å²) in [6.45, 7) is 3.15. The Morgan fingerprint density at radius 3 is 2.90 bits per heavy atom. The van der Waals surface area contributed by atoms with E-state index in [9.17, 15) is 4.79 Å². The van der Waals surface area contributed by atoms with Gasteiger partial charge in [-0.05, 0) is 62.3 Å². The smallest absolute Gasteiger partial charge is 0.328 e. The summed E-state index contributed by atoms with van der Waals surface area (Å²) in [5.41, 5.74) is 3.41. The Kier molecular flexibility index (Phi) is 4.00. The predicted molar refractivity (Wildman–Crippen MR) is 85.6 cm³/mol. The van der Waals surface area contributed by atoms with Crippen LogP contribution in [0.15, 0.2) is 24.3 Å². The summed E-state index contributed by atoms with van der Waals surface area (Å²) in [5.74, 6) is -0.0591. The van der Waals surface area contributed by atoms with E-state index >= 15 is 0 Å². The van der Waals surface area contributed by atoms with Gasteiger partial charge >= 0.3 is 5.97 Å². The molecule has 1 aliphatic heterocycles. The number of anilines is 1. The normalized spacial score (nSPS) is 25.3. The first-order valence-corrected chi connectivity index (χ1v) is 7.93. The lowest BCUT2D eigenvalue weighted by molar-refractivity contribution is -0.131. The Morgan fingerprint density at radius 2 is 2.10 bits per heavy atom. The van der Waals surface area contributed by atoms with Crippen LogP contribution in [0.5, 0.6) is 0 Å². The molecule has 0 bridgehead atoms. The highest BCUT2D eigenvalue weighted by Gasteiger charge is 2.35. The standard InChI is InChI=1S/C18H23NO2/c1-13-7-9-17(15(12-13)8-10-18(20)21)19-11-3-5-14-4-2-6-16(14)19/h7-10,12,14,16H,2-6,11H2,1H3,(H,20,21)/b10-8+. The van der Waals surface area contributed by atoms with E-state index in [0.717, 1.165) is 18.0 Å². The molecule has 1 heterocycles. The fraction of sp³-hybridized carbons (Fsp3) is 0.500. The Morgan fingerprint density at radius 1 is 1.29 bits per heavy atom. The minimum atomic E-state index is -0.889. The first kappa shape index (κ1) is 14.2. The first-order chi connectivity index (χ1) is 10.1. The van der Waals surface area contributed by atoms with Crippen LogP contribution in [0.4, 0.5) is 5.69 Å². The van der Waals surface area contributed by atoms with Crippen molar-refractivity contribution in [2.45, 2.75) is 45.1 Å². The molecule has 0 aromatic heterocycles. The molecule has 1 saturated heterocycles. The topological polar surface area (TPSA) is 40.5 Å². The Labute approximate surface area is 126 Å². The number of benzene rings is 1. The van der Waals surface area contributed by atoms with Crippen LogP contribution in [0.25, 0.3) is 6.08 Å². The summed E-state index contributed by atoms with van der Waals surface area (Å²) in [5, 5.41) is 8.90. The molecule has 1 aromatic rings. The number of piperidine rings is 1. The third kappa shape index (κ3) is 2.97. The van der Waals surface area contributed by atoms with Gasteiger partial charge in [0, 0.05) is 24.4 Å². The van der Waals surface area contributed by atoms with Gasteiger partial charge in [0.15, 0.2) is 0 Å². The van der Waals surface area contributed by atoms with Crippen LogP contribution in [0.1, 0.15) is 43.2 Å². The number of rotatable bonds is 3. The summed E-state index contributed by atoms with van der Waals surface area (Å²) in [7, 11) is 0. The van der Waals surface area contributed by atoms with Crippen LogP contribution in [-0.4, -0.2) is 23.7 Å². The first-order valence-electron chi connectivity index (χ1n) is 7.93. The molecule has 1 aliphatic carbocycles. The molecule has 1 N–H and O–H groups in total. The number of aliphatic carboxylic acids is 1. The molecule has 0 amide bonds. The van der Waals surface area contributed by atoms with Gasteiger partial charge in [-0.1, -0.05) is 18.1 Å². The van der Waals surface area contributed by atoms with E-state index in [-0.39, 0.29) is 0 Å². The second kappa shape index (κ2) is 5.92. The average molecular weight is 285 g/mol. The molecule has 1 aromatic carbocycles. The van der Waals surface area contributed by atoms with Crippen molar-refractivity contribution in [1.29, 1.82) is 0 Å². The molecule has 1 saturated carbocycles. The van der Waals surface area contributed by atoms with E-state index in [0.29, 0.717) is 6.04 Å². The number of carboxylic acid groups (broad SMARTS) is 1. The molecule has 0 radical (unpaired) electrons. The van der Waals surface area contributed by atoms with Crippen molar-refractivity contribution in [2.24, 2.45) is 5.92 Å². The lowest BCUT2D eigenvalue weighted by atomic mass is 9.90. The van der Waals surface area contributed by atoms with Crippen LogP contribution < -0.4 is 4.90 Å². The van der Waals surface area contributed by atoms with Gasteiger partial charge < -0.3 is 10.0 Å². The second-order valence-corrected chi connectivity index (χ2v) is 6.33. The minimum Gasteiger partial charge on any atom is -0.478 e. The van der Waals surface area contributed by atoms with Gasteiger partial charge in [-0.15, -0.1) is 0 Å². The van der Waals surface area contributed by atoms with E-state index in [1.807, 2.05) is 0 Å². The van der Waals surface area contributed by atoms with E-state index in [4.69, 9.17) is 5.11 Å². The number of fused-ring (bicyclic) bond motifs is 1. The zero-order chi connectivity index (χ0) is 14.8. The van der Waals surface area contributed by atoms with Crippen molar-refractivity contribution < 1.29 is 9.90 Å². The Bertz CT molecular complexity index is 564. The zero-order valence-corrected chi connectivity index (χ0v) is 12.6. The Balaban J connectivity index is 1.95. The molecule has 112 valence electrons. The van der Waals surface area contributed by atoms with E-state index in [1.165, 1.54) is 49.4 Å². The number of carbonyl (C=O) groups is 1. The van der Waals surface area contributed by atoms with Gasteiger partial charge in [0.25, 0.3) is 0 Å². The van der Waals surface area contributed by atoms with Gasteiger partial charge in [0.1, 0.15) is 0 Å². The van der Waals surface area contributed by atoms with Crippen molar-refractivity contribution in [2.75, 3.05) is 11.4 Å². The van der Waals surface area contributed by atoms with E-state index in [1.54, 1.807) is 6.08 Å². The summed E-state index contributed by atoms with van der Waals surface area (Å²) < 4.78 is 0. The number of hydrogen-bond acceptors (Lipinski definition) is 2. The molecule has 2 atom stereocenters. The molecule has 3 nitrogen and oxygen atoms in total. The quantitative estimate of drug-likeness (QED) is 0.857. The van der Waals surface area contributed by atoms with Crippen LogP contribution in [0, 0.1) is 12.8 Å². The highest BCUT2D eigenvalue weighted by molar-refractivity contribution is 5.87. The van der Waals surface area contributed by atoms with Crippen molar-refractivity contribution in [3.63, 3.8) is 0 Å². The van der Waals surface area contributed by atoms with Crippen molar-refractivity contribution in [1.82, 2.24) is 0 Å². The fourth-order valence-electron chi connectivity index (χ4n) is 3.98. The molecule has 2 fully saturated rings. The maximum atomic E-state index is 10.8. The summed E-state index contributed by atoms with van der Waals surface area (Å²) in [4.78, 5) is 13.4. The summed E-state index contributed by atoms with van der Waals surface area (Å²) in [6.07, 6.45) is 9.55. The third-order valence-corrected chi connectivity index (χ3v) is 4.89. The Hall–Kier alpha value is -1.77. The highest BCUT2D eigenvalue weighted by atomic mass is 16.4. The number of nitrogens with zero attached hydrogens (tertiary/aromatic N) is 1. The lowest BCUT2D eigenvalue weighted by Gasteiger charge is -2.40. The minimum absolute atomic E-state index is 0.651. The van der Waals surface area contributed by atoms with Crippen molar-refractivity contribution >= 4 is 17.7 Å². The number of aryl methyl sites for hydroxylation is 1. The second-order valence-electron chi connectivity index (χ2n) is 6.33. The maximum Gasteiger partial charge on any atom is 0.328 e. The van der Waals surface area contributed by atoms with Gasteiger partial charge in [0.2, 0.25) is 0 Å². The number of carboxylic acids is 1. The van der Waals surface area contributed by atoms with Crippen molar-refractivity contribution in [3.05, 3.63) is 35.4 Å².